The van der Waals surface area contributed by atoms with Gasteiger partial charge in [-0.3, -0.25) is 14.5 Å². The van der Waals surface area contributed by atoms with E-state index < -0.39 is 30.8 Å². The molecule has 8 nitrogen and oxygen atoms in total. The first-order chi connectivity index (χ1) is 11.1. The van der Waals surface area contributed by atoms with Crippen molar-refractivity contribution in [2.24, 2.45) is 11.5 Å². The van der Waals surface area contributed by atoms with E-state index in [9.17, 15) is 27.6 Å². The minimum absolute atomic E-state index is 0.0463. The highest BCUT2D eigenvalue weighted by Crippen LogP contribution is 2.20. The molecule has 2 heterocycles. The monoisotopic (exact) mass is 354 g/mol. The van der Waals surface area contributed by atoms with Crippen LogP contribution in [0.5, 0.6) is 0 Å². The first kappa shape index (κ1) is 20.0. The molecule has 0 spiro atoms. The van der Waals surface area contributed by atoms with E-state index in [0.29, 0.717) is 12.8 Å². The quantitative estimate of drug-likeness (QED) is 0.650. The molecular weight excluding hydrogens is 333 g/mol. The number of primary amides is 2. The standard InChI is InChI=1S/C8H11F3N2O3.C5H10N2O/c9-8(10,11)4-16-7(15)13-3-1-2-5(13)6(12)14;6-5(8)4-2-1-3-7-4/h5H,1-4H2,(H2,12,14);4,7H,1-3H2,(H2,6,8)/t5-;4-/m00/s1. The van der Waals surface area contributed by atoms with Gasteiger partial charge in [0.2, 0.25) is 11.8 Å². The SMILES string of the molecule is NC(=O)[C@@H]1CCCN1.NC(=O)[C@@H]1CCCN1C(=O)OCC(F)(F)F. The summed E-state index contributed by atoms with van der Waals surface area (Å²) in [6.07, 6.45) is -2.86. The van der Waals surface area contributed by atoms with Gasteiger partial charge in [-0.15, -0.1) is 0 Å². The molecular formula is C13H21F3N4O4. The Balaban J connectivity index is 0.000000300. The van der Waals surface area contributed by atoms with Gasteiger partial charge in [0, 0.05) is 6.54 Å². The van der Waals surface area contributed by atoms with Crippen molar-refractivity contribution in [3.05, 3.63) is 0 Å². The maximum Gasteiger partial charge on any atom is 0.422 e. The number of alkyl halides is 3. The second-order valence-electron chi connectivity index (χ2n) is 5.47. The molecule has 2 aliphatic heterocycles. The van der Waals surface area contributed by atoms with Crippen molar-refractivity contribution >= 4 is 17.9 Å². The predicted molar refractivity (Wildman–Crippen MR) is 76.5 cm³/mol. The van der Waals surface area contributed by atoms with Crippen LogP contribution < -0.4 is 16.8 Å². The number of carbonyl (C=O) groups is 3. The third kappa shape index (κ3) is 6.60. The van der Waals surface area contributed by atoms with Crippen molar-refractivity contribution in [2.45, 2.75) is 43.9 Å². The van der Waals surface area contributed by atoms with E-state index in [1.807, 2.05) is 0 Å². The summed E-state index contributed by atoms with van der Waals surface area (Å²) in [7, 11) is 0. The normalized spacial score (nSPS) is 23.4. The van der Waals surface area contributed by atoms with Crippen LogP contribution in [0, 0.1) is 0 Å². The largest absolute Gasteiger partial charge is 0.440 e. The molecule has 0 aromatic carbocycles. The summed E-state index contributed by atoms with van der Waals surface area (Å²) in [6, 6.07) is -0.907. The maximum atomic E-state index is 11.8. The van der Waals surface area contributed by atoms with Crippen LogP contribution in [0.15, 0.2) is 0 Å². The molecule has 0 aromatic rings. The first-order valence-corrected chi connectivity index (χ1v) is 7.44. The lowest BCUT2D eigenvalue weighted by atomic mass is 10.2. The molecule has 2 rings (SSSR count). The molecule has 11 heteroatoms. The molecule has 2 aliphatic rings. The van der Waals surface area contributed by atoms with Crippen LogP contribution in [0.2, 0.25) is 0 Å². The van der Waals surface area contributed by atoms with Crippen molar-refractivity contribution in [3.8, 4) is 0 Å². The van der Waals surface area contributed by atoms with Crippen molar-refractivity contribution in [1.82, 2.24) is 10.2 Å². The van der Waals surface area contributed by atoms with Crippen LogP contribution in [0.4, 0.5) is 18.0 Å². The summed E-state index contributed by atoms with van der Waals surface area (Å²) in [5.74, 6) is -0.955. The molecule has 0 saturated carbocycles. The van der Waals surface area contributed by atoms with E-state index in [2.05, 4.69) is 10.1 Å². The van der Waals surface area contributed by atoms with Gasteiger partial charge < -0.3 is 21.5 Å². The summed E-state index contributed by atoms with van der Waals surface area (Å²) >= 11 is 0. The number of likely N-dealkylation sites (tertiary alicyclic amines) is 1. The Kier molecular flexibility index (Phi) is 7.26. The van der Waals surface area contributed by atoms with Gasteiger partial charge in [0.15, 0.2) is 6.61 Å². The van der Waals surface area contributed by atoms with E-state index in [4.69, 9.17) is 11.5 Å². The molecule has 2 atom stereocenters. The highest BCUT2D eigenvalue weighted by molar-refractivity contribution is 5.84. The summed E-state index contributed by atoms with van der Waals surface area (Å²) in [4.78, 5) is 33.4. The summed E-state index contributed by atoms with van der Waals surface area (Å²) in [5, 5.41) is 2.98. The maximum absolute atomic E-state index is 11.8. The van der Waals surface area contributed by atoms with E-state index in [-0.39, 0.29) is 18.5 Å². The number of rotatable bonds is 3. The second kappa shape index (κ2) is 8.71. The van der Waals surface area contributed by atoms with Gasteiger partial charge in [-0.2, -0.15) is 13.2 Å². The van der Waals surface area contributed by atoms with Crippen LogP contribution in [0.25, 0.3) is 0 Å². The Bertz CT molecular complexity index is 467. The Labute approximate surface area is 136 Å². The number of amides is 3. The molecule has 0 radical (unpaired) electrons. The molecule has 0 unspecified atom stereocenters. The lowest BCUT2D eigenvalue weighted by Gasteiger charge is -2.21. The van der Waals surface area contributed by atoms with Crippen molar-refractivity contribution in [3.63, 3.8) is 0 Å². The minimum Gasteiger partial charge on any atom is -0.440 e. The fourth-order valence-corrected chi connectivity index (χ4v) is 2.43. The van der Waals surface area contributed by atoms with Gasteiger partial charge in [-0.25, -0.2) is 4.79 Å². The third-order valence-electron chi connectivity index (χ3n) is 3.58. The molecule has 0 aromatic heterocycles. The van der Waals surface area contributed by atoms with Crippen LogP contribution in [-0.2, 0) is 14.3 Å². The molecule has 3 amide bonds. The zero-order valence-electron chi connectivity index (χ0n) is 13.0. The Morgan fingerprint density at radius 3 is 2.21 bits per heavy atom. The number of nitrogens with one attached hydrogen (secondary N) is 1. The number of hydrogen-bond donors (Lipinski definition) is 3. The van der Waals surface area contributed by atoms with Gasteiger partial charge >= 0.3 is 12.3 Å². The minimum atomic E-state index is -4.57. The van der Waals surface area contributed by atoms with Gasteiger partial charge in [-0.1, -0.05) is 0 Å². The number of halogens is 3. The zero-order chi connectivity index (χ0) is 18.3. The summed E-state index contributed by atoms with van der Waals surface area (Å²) in [6.45, 7) is -0.536. The van der Waals surface area contributed by atoms with E-state index in [0.717, 1.165) is 24.3 Å². The molecule has 5 N–H and O–H groups in total. The summed E-state index contributed by atoms with van der Waals surface area (Å²) in [5.41, 5.74) is 9.99. The average molecular weight is 354 g/mol. The van der Waals surface area contributed by atoms with Gasteiger partial charge in [0.05, 0.1) is 6.04 Å². The Morgan fingerprint density at radius 1 is 1.12 bits per heavy atom. The van der Waals surface area contributed by atoms with Gasteiger partial charge in [-0.05, 0) is 32.2 Å². The van der Waals surface area contributed by atoms with Crippen LogP contribution in [0.1, 0.15) is 25.7 Å². The van der Waals surface area contributed by atoms with Crippen molar-refractivity contribution in [1.29, 1.82) is 0 Å². The lowest BCUT2D eigenvalue weighted by Crippen LogP contribution is -2.44. The fourth-order valence-electron chi connectivity index (χ4n) is 2.43. The molecule has 2 saturated heterocycles. The van der Waals surface area contributed by atoms with Crippen LogP contribution in [-0.4, -0.2) is 60.8 Å². The molecule has 24 heavy (non-hydrogen) atoms. The van der Waals surface area contributed by atoms with Gasteiger partial charge in [0.25, 0.3) is 0 Å². The van der Waals surface area contributed by atoms with Gasteiger partial charge in [0.1, 0.15) is 6.04 Å². The molecule has 2 fully saturated rings. The number of hydrogen-bond acceptors (Lipinski definition) is 5. The van der Waals surface area contributed by atoms with Crippen LogP contribution in [0.3, 0.4) is 0 Å². The van der Waals surface area contributed by atoms with E-state index >= 15 is 0 Å². The molecule has 0 aliphatic carbocycles. The molecule has 138 valence electrons. The zero-order valence-corrected chi connectivity index (χ0v) is 13.0. The fraction of sp³-hybridized carbons (Fsp3) is 0.769. The Hall–Kier alpha value is -2.04. The highest BCUT2D eigenvalue weighted by Gasteiger charge is 2.36. The third-order valence-corrected chi connectivity index (χ3v) is 3.58. The smallest absolute Gasteiger partial charge is 0.422 e. The van der Waals surface area contributed by atoms with Crippen molar-refractivity contribution < 1.29 is 32.3 Å². The van der Waals surface area contributed by atoms with E-state index in [1.165, 1.54) is 0 Å². The Morgan fingerprint density at radius 2 is 1.79 bits per heavy atom. The number of nitrogens with zero attached hydrogens (tertiary/aromatic N) is 1. The number of carbonyl (C=O) groups excluding carboxylic acids is 3. The first-order valence-electron chi connectivity index (χ1n) is 7.44. The van der Waals surface area contributed by atoms with Crippen molar-refractivity contribution in [2.75, 3.05) is 19.7 Å². The predicted octanol–water partition coefficient (Wildman–Crippen LogP) is -0.141. The number of nitrogens with two attached hydrogens (primary N) is 2. The van der Waals surface area contributed by atoms with E-state index in [1.54, 1.807) is 0 Å². The highest BCUT2D eigenvalue weighted by atomic mass is 19.4. The molecule has 0 bridgehead atoms. The average Bonchev–Trinajstić information content (AvgIpc) is 3.15. The number of ether oxygens (including phenoxy) is 1. The topological polar surface area (TPSA) is 128 Å². The summed E-state index contributed by atoms with van der Waals surface area (Å²) < 4.78 is 39.3. The van der Waals surface area contributed by atoms with Crippen LogP contribution >= 0.6 is 0 Å². The lowest BCUT2D eigenvalue weighted by molar-refractivity contribution is -0.162. The second-order valence-corrected chi connectivity index (χ2v) is 5.47.